The van der Waals surface area contributed by atoms with Gasteiger partial charge in [0, 0.05) is 30.2 Å². The van der Waals surface area contributed by atoms with Crippen LogP contribution in [0.5, 0.6) is 0 Å². The highest BCUT2D eigenvalue weighted by atomic mass is 15.1. The third kappa shape index (κ3) is 2.57. The molecule has 8 heteroatoms. The number of nitrogens with one attached hydrogen (secondary N) is 3. The first-order chi connectivity index (χ1) is 11.3. The largest absolute Gasteiger partial charge is 0.384 e. The lowest BCUT2D eigenvalue weighted by molar-refractivity contribution is 0.982. The van der Waals surface area contributed by atoms with E-state index in [9.17, 15) is 0 Å². The molecule has 0 amide bonds. The number of aromatic nitrogens is 6. The molecule has 0 radical (unpaired) electrons. The molecule has 0 bridgehead atoms. The SMILES string of the molecule is Nc1cc(NCc2cc[nH]n2)c2ncc(-c3ccn[nH]3)cc2n1. The number of H-pyrrole nitrogens is 2. The summed E-state index contributed by atoms with van der Waals surface area (Å²) in [4.78, 5) is 8.89. The number of nitrogens with two attached hydrogens (primary N) is 1. The Morgan fingerprint density at radius 1 is 1.22 bits per heavy atom. The second-order valence-corrected chi connectivity index (χ2v) is 5.08. The van der Waals surface area contributed by atoms with E-state index in [2.05, 4.69) is 35.7 Å². The highest BCUT2D eigenvalue weighted by Crippen LogP contribution is 2.26. The maximum absolute atomic E-state index is 5.92. The van der Waals surface area contributed by atoms with Gasteiger partial charge >= 0.3 is 0 Å². The van der Waals surface area contributed by atoms with Gasteiger partial charge in [-0.3, -0.25) is 15.2 Å². The highest BCUT2D eigenvalue weighted by Gasteiger charge is 2.09. The van der Waals surface area contributed by atoms with Crippen LogP contribution < -0.4 is 11.1 Å². The highest BCUT2D eigenvalue weighted by molar-refractivity contribution is 5.91. The lowest BCUT2D eigenvalue weighted by Gasteiger charge is -2.09. The third-order valence-electron chi connectivity index (χ3n) is 3.49. The topological polar surface area (TPSA) is 121 Å². The average molecular weight is 306 g/mol. The molecule has 23 heavy (non-hydrogen) atoms. The van der Waals surface area contributed by atoms with Crippen molar-refractivity contribution in [2.24, 2.45) is 0 Å². The summed E-state index contributed by atoms with van der Waals surface area (Å²) in [6.45, 7) is 0.575. The third-order valence-corrected chi connectivity index (χ3v) is 3.49. The van der Waals surface area contributed by atoms with E-state index in [-0.39, 0.29) is 0 Å². The molecule has 0 aliphatic rings. The molecule has 0 atom stereocenters. The minimum Gasteiger partial charge on any atom is -0.384 e. The normalized spacial score (nSPS) is 11.0. The van der Waals surface area contributed by atoms with E-state index < -0.39 is 0 Å². The van der Waals surface area contributed by atoms with Crippen LogP contribution in [0.25, 0.3) is 22.3 Å². The van der Waals surface area contributed by atoms with Crippen molar-refractivity contribution in [2.45, 2.75) is 6.54 Å². The van der Waals surface area contributed by atoms with Gasteiger partial charge in [-0.15, -0.1) is 0 Å². The maximum atomic E-state index is 5.92. The van der Waals surface area contributed by atoms with Gasteiger partial charge in [-0.25, -0.2) is 4.98 Å². The second-order valence-electron chi connectivity index (χ2n) is 5.08. The summed E-state index contributed by atoms with van der Waals surface area (Å²) in [6, 6.07) is 7.50. The van der Waals surface area contributed by atoms with Crippen LogP contribution in [0.2, 0.25) is 0 Å². The van der Waals surface area contributed by atoms with E-state index in [1.807, 2.05) is 18.2 Å². The van der Waals surface area contributed by atoms with Gasteiger partial charge < -0.3 is 11.1 Å². The molecule has 0 aliphatic heterocycles. The number of fused-ring (bicyclic) bond motifs is 1. The van der Waals surface area contributed by atoms with Crippen molar-refractivity contribution < 1.29 is 0 Å². The Balaban J connectivity index is 1.73. The molecular formula is C15H14N8. The van der Waals surface area contributed by atoms with Crippen molar-refractivity contribution in [3.05, 3.63) is 48.5 Å². The van der Waals surface area contributed by atoms with Crippen molar-refractivity contribution >= 4 is 22.5 Å². The molecule has 0 unspecified atom stereocenters. The predicted molar refractivity (Wildman–Crippen MR) is 87.4 cm³/mol. The van der Waals surface area contributed by atoms with Crippen molar-refractivity contribution in [1.82, 2.24) is 30.4 Å². The fourth-order valence-electron chi connectivity index (χ4n) is 2.41. The zero-order valence-electron chi connectivity index (χ0n) is 12.1. The molecular weight excluding hydrogens is 292 g/mol. The van der Waals surface area contributed by atoms with Gasteiger partial charge in [0.15, 0.2) is 0 Å². The fraction of sp³-hybridized carbons (Fsp3) is 0.0667. The average Bonchev–Trinajstić information content (AvgIpc) is 3.25. The van der Waals surface area contributed by atoms with Crippen LogP contribution in [0.3, 0.4) is 0 Å². The Hall–Kier alpha value is -3.42. The summed E-state index contributed by atoms with van der Waals surface area (Å²) in [5, 5.41) is 17.1. The number of hydrogen-bond donors (Lipinski definition) is 4. The van der Waals surface area contributed by atoms with E-state index >= 15 is 0 Å². The van der Waals surface area contributed by atoms with Crippen LogP contribution in [0.4, 0.5) is 11.5 Å². The summed E-state index contributed by atoms with van der Waals surface area (Å²) in [5.74, 6) is 0.436. The second kappa shape index (κ2) is 5.41. The maximum Gasteiger partial charge on any atom is 0.126 e. The smallest absolute Gasteiger partial charge is 0.126 e. The molecule has 4 aromatic rings. The molecule has 0 aromatic carbocycles. The van der Waals surface area contributed by atoms with E-state index in [1.165, 1.54) is 0 Å². The van der Waals surface area contributed by atoms with Gasteiger partial charge in [0.1, 0.15) is 11.3 Å². The lowest BCUT2D eigenvalue weighted by atomic mass is 10.1. The van der Waals surface area contributed by atoms with Crippen LogP contribution in [-0.4, -0.2) is 30.4 Å². The van der Waals surface area contributed by atoms with Gasteiger partial charge in [0.05, 0.1) is 29.1 Å². The van der Waals surface area contributed by atoms with Gasteiger partial charge in [-0.05, 0) is 18.2 Å². The van der Waals surface area contributed by atoms with Gasteiger partial charge in [0.25, 0.3) is 0 Å². The number of anilines is 2. The van der Waals surface area contributed by atoms with Crippen molar-refractivity contribution in [2.75, 3.05) is 11.1 Å². The van der Waals surface area contributed by atoms with Crippen molar-refractivity contribution in [3.8, 4) is 11.3 Å². The molecule has 0 aliphatic carbocycles. The number of nitrogen functional groups attached to an aromatic ring is 1. The molecule has 4 heterocycles. The monoisotopic (exact) mass is 306 g/mol. The summed E-state index contributed by atoms with van der Waals surface area (Å²) in [6.07, 6.45) is 5.27. The zero-order chi connectivity index (χ0) is 15.6. The Morgan fingerprint density at radius 2 is 2.17 bits per heavy atom. The molecule has 0 saturated carbocycles. The van der Waals surface area contributed by atoms with E-state index in [0.717, 1.165) is 33.7 Å². The molecule has 8 nitrogen and oxygen atoms in total. The van der Waals surface area contributed by atoms with Crippen LogP contribution in [0.15, 0.2) is 42.9 Å². The summed E-state index contributed by atoms with van der Waals surface area (Å²) >= 11 is 0. The van der Waals surface area contributed by atoms with Crippen LogP contribution in [0, 0.1) is 0 Å². The van der Waals surface area contributed by atoms with Gasteiger partial charge in [-0.2, -0.15) is 10.2 Å². The van der Waals surface area contributed by atoms with Crippen LogP contribution in [0.1, 0.15) is 5.69 Å². The number of rotatable bonds is 4. The minimum atomic E-state index is 0.436. The standard InChI is InChI=1S/C15H14N8/c16-14-6-12(17-8-10-1-3-19-22-10)15-13(21-14)5-9(7-18-15)11-2-4-20-23-11/h1-7H,8H2,(H,19,22)(H,20,23)(H3,16,17,21). The molecule has 0 fully saturated rings. The van der Waals surface area contributed by atoms with E-state index in [0.29, 0.717) is 12.4 Å². The molecule has 4 rings (SSSR count). The summed E-state index contributed by atoms with van der Waals surface area (Å²) < 4.78 is 0. The number of nitrogens with zero attached hydrogens (tertiary/aromatic N) is 4. The molecule has 4 aromatic heterocycles. The molecule has 114 valence electrons. The lowest BCUT2D eigenvalue weighted by Crippen LogP contribution is -2.03. The number of pyridine rings is 2. The van der Waals surface area contributed by atoms with Crippen LogP contribution >= 0.6 is 0 Å². The Kier molecular flexibility index (Phi) is 3.12. The minimum absolute atomic E-state index is 0.436. The Labute approximate surface area is 131 Å². The van der Waals surface area contributed by atoms with Gasteiger partial charge in [0.2, 0.25) is 0 Å². The fourth-order valence-corrected chi connectivity index (χ4v) is 2.41. The first kappa shape index (κ1) is 13.3. The first-order valence-corrected chi connectivity index (χ1v) is 7.08. The number of hydrogen-bond acceptors (Lipinski definition) is 6. The van der Waals surface area contributed by atoms with Crippen molar-refractivity contribution in [3.63, 3.8) is 0 Å². The van der Waals surface area contributed by atoms with Gasteiger partial charge in [-0.1, -0.05) is 0 Å². The summed E-state index contributed by atoms with van der Waals surface area (Å²) in [7, 11) is 0. The van der Waals surface area contributed by atoms with E-state index in [4.69, 9.17) is 5.73 Å². The van der Waals surface area contributed by atoms with E-state index in [1.54, 1.807) is 24.7 Å². The predicted octanol–water partition coefficient (Wildman–Crippen LogP) is 1.94. The molecule has 0 saturated heterocycles. The summed E-state index contributed by atoms with van der Waals surface area (Å²) in [5.41, 5.74) is 10.9. The van der Waals surface area contributed by atoms with Crippen molar-refractivity contribution in [1.29, 1.82) is 0 Å². The molecule has 0 spiro atoms. The Bertz CT molecular complexity index is 928. The Morgan fingerprint density at radius 3 is 2.96 bits per heavy atom. The zero-order valence-corrected chi connectivity index (χ0v) is 12.1. The quantitative estimate of drug-likeness (QED) is 0.457. The molecule has 5 N–H and O–H groups in total. The number of aromatic amines is 2. The first-order valence-electron chi connectivity index (χ1n) is 7.08. The van der Waals surface area contributed by atoms with Crippen LogP contribution in [-0.2, 0) is 6.54 Å².